The maximum Gasteiger partial charge on any atom is 0.264 e. The van der Waals surface area contributed by atoms with Gasteiger partial charge in [-0.1, -0.05) is 95.5 Å². The quantitative estimate of drug-likeness (QED) is 0.186. The van der Waals surface area contributed by atoms with Gasteiger partial charge < -0.3 is 10.2 Å². The zero-order valence-electron chi connectivity index (χ0n) is 24.8. The normalized spacial score (nSPS) is 12.0. The molecule has 0 saturated heterocycles. The number of halogens is 2. The molecule has 0 unspecified atom stereocenters. The van der Waals surface area contributed by atoms with E-state index < -0.39 is 28.5 Å². The van der Waals surface area contributed by atoms with Crippen LogP contribution in [0.15, 0.2) is 108 Å². The molecule has 4 aromatic carbocycles. The van der Waals surface area contributed by atoms with Crippen molar-refractivity contribution in [3.8, 4) is 0 Å². The minimum absolute atomic E-state index is 0.0125. The van der Waals surface area contributed by atoms with Crippen LogP contribution in [0.4, 0.5) is 5.69 Å². The molecule has 44 heavy (non-hydrogen) atoms. The van der Waals surface area contributed by atoms with Gasteiger partial charge in [-0.2, -0.15) is 0 Å². The van der Waals surface area contributed by atoms with Crippen LogP contribution in [0.5, 0.6) is 0 Å². The number of rotatable bonds is 12. The fourth-order valence-corrected chi connectivity index (χ4v) is 6.57. The maximum atomic E-state index is 14.4. The molecule has 0 aromatic heterocycles. The summed E-state index contributed by atoms with van der Waals surface area (Å²) in [7, 11) is -4.24. The number of hydrogen-bond donors (Lipinski definition) is 1. The molecule has 1 N–H and O–H groups in total. The first kappa shape index (κ1) is 33.1. The van der Waals surface area contributed by atoms with Crippen LogP contribution in [0.25, 0.3) is 0 Å². The number of benzene rings is 4. The van der Waals surface area contributed by atoms with Crippen molar-refractivity contribution < 1.29 is 18.0 Å². The van der Waals surface area contributed by atoms with Gasteiger partial charge >= 0.3 is 0 Å². The summed E-state index contributed by atoms with van der Waals surface area (Å²) in [4.78, 5) is 29.6. The number of sulfonamides is 1. The van der Waals surface area contributed by atoms with Gasteiger partial charge in [0.05, 0.1) is 15.6 Å². The average Bonchev–Trinajstić information content (AvgIpc) is 2.99. The Morgan fingerprint density at radius 3 is 2.02 bits per heavy atom. The van der Waals surface area contributed by atoms with Crippen molar-refractivity contribution in [2.75, 3.05) is 10.8 Å². The summed E-state index contributed by atoms with van der Waals surface area (Å²) in [6, 6.07) is 28.1. The fourth-order valence-electron chi connectivity index (χ4n) is 4.73. The number of para-hydroxylation sites is 1. The highest BCUT2D eigenvalue weighted by atomic mass is 35.5. The van der Waals surface area contributed by atoms with E-state index in [4.69, 9.17) is 23.2 Å². The van der Waals surface area contributed by atoms with Crippen molar-refractivity contribution >= 4 is 50.7 Å². The Labute approximate surface area is 269 Å². The number of carbonyl (C=O) groups excluding carboxylic acids is 2. The van der Waals surface area contributed by atoms with Crippen molar-refractivity contribution in [2.24, 2.45) is 0 Å². The molecule has 4 rings (SSSR count). The van der Waals surface area contributed by atoms with E-state index in [2.05, 4.69) is 5.32 Å². The largest absolute Gasteiger partial charge is 0.352 e. The van der Waals surface area contributed by atoms with Crippen molar-refractivity contribution in [1.82, 2.24) is 10.2 Å². The highest BCUT2D eigenvalue weighted by Gasteiger charge is 2.35. The van der Waals surface area contributed by atoms with Gasteiger partial charge in [0.15, 0.2) is 0 Å². The van der Waals surface area contributed by atoms with Gasteiger partial charge in [0.25, 0.3) is 10.0 Å². The molecular weight excluding hydrogens is 617 g/mol. The molecule has 0 aliphatic carbocycles. The van der Waals surface area contributed by atoms with Gasteiger partial charge in [-0.15, -0.1) is 0 Å². The molecule has 0 fully saturated rings. The van der Waals surface area contributed by atoms with Gasteiger partial charge in [-0.3, -0.25) is 13.9 Å². The molecular formula is C34H35Cl2N3O4S. The van der Waals surface area contributed by atoms with Crippen LogP contribution in [-0.4, -0.2) is 43.8 Å². The van der Waals surface area contributed by atoms with Crippen molar-refractivity contribution in [3.05, 3.63) is 130 Å². The van der Waals surface area contributed by atoms with Gasteiger partial charge in [-0.25, -0.2) is 8.42 Å². The molecule has 230 valence electrons. The second-order valence-corrected chi connectivity index (χ2v) is 13.5. The molecule has 0 bridgehead atoms. The summed E-state index contributed by atoms with van der Waals surface area (Å²) >= 11 is 12.6. The highest BCUT2D eigenvalue weighted by molar-refractivity contribution is 7.92. The van der Waals surface area contributed by atoms with E-state index in [1.54, 1.807) is 60.7 Å². The van der Waals surface area contributed by atoms with Crippen molar-refractivity contribution in [2.45, 2.75) is 50.7 Å². The lowest BCUT2D eigenvalue weighted by Gasteiger charge is -2.34. The monoisotopic (exact) mass is 651 g/mol. The lowest BCUT2D eigenvalue weighted by Crippen LogP contribution is -2.54. The van der Waals surface area contributed by atoms with Crippen molar-refractivity contribution in [1.29, 1.82) is 0 Å². The Bertz CT molecular complexity index is 1680. The van der Waals surface area contributed by atoms with Crippen molar-refractivity contribution in [3.63, 3.8) is 0 Å². The number of nitrogens with one attached hydrogen (secondary N) is 1. The van der Waals surface area contributed by atoms with Crippen LogP contribution in [0.2, 0.25) is 10.0 Å². The first-order valence-corrected chi connectivity index (χ1v) is 16.4. The summed E-state index contributed by atoms with van der Waals surface area (Å²) in [5, 5.41) is 3.63. The van der Waals surface area contributed by atoms with E-state index >= 15 is 0 Å². The summed E-state index contributed by atoms with van der Waals surface area (Å²) in [5.41, 5.74) is 2.61. The highest BCUT2D eigenvalue weighted by Crippen LogP contribution is 2.31. The fraction of sp³-hybridized carbons (Fsp3) is 0.235. The Kier molecular flexibility index (Phi) is 11.1. The summed E-state index contributed by atoms with van der Waals surface area (Å²) in [6.45, 7) is 5.00. The van der Waals surface area contributed by atoms with E-state index in [0.717, 1.165) is 21.0 Å². The number of amides is 2. The maximum absolute atomic E-state index is 14.4. The van der Waals surface area contributed by atoms with Crippen LogP contribution in [0.1, 0.15) is 30.5 Å². The van der Waals surface area contributed by atoms with Gasteiger partial charge in [-0.05, 0) is 68.3 Å². The molecule has 0 aliphatic rings. The lowest BCUT2D eigenvalue weighted by atomic mass is 10.0. The van der Waals surface area contributed by atoms with Crippen LogP contribution in [-0.2, 0) is 32.6 Å². The van der Waals surface area contributed by atoms with Gasteiger partial charge in [0.2, 0.25) is 11.8 Å². The molecule has 0 radical (unpaired) electrons. The number of hydrogen-bond acceptors (Lipinski definition) is 4. The second kappa shape index (κ2) is 14.8. The zero-order chi connectivity index (χ0) is 31.9. The molecule has 2 amide bonds. The lowest BCUT2D eigenvalue weighted by molar-refractivity contribution is -0.140. The van der Waals surface area contributed by atoms with E-state index in [1.807, 2.05) is 51.1 Å². The zero-order valence-corrected chi connectivity index (χ0v) is 27.1. The molecule has 4 aromatic rings. The Hall–Kier alpha value is -3.85. The SMILES string of the molecule is Cc1ccc(S(=O)(=O)N(CC(=O)N(Cc2ccc(Cl)cc2)[C@@H](Cc2ccccc2)C(=O)NC(C)C)c2ccccc2Cl)cc1. The van der Waals surface area contributed by atoms with Crippen LogP contribution in [0, 0.1) is 6.92 Å². The Morgan fingerprint density at radius 1 is 0.795 bits per heavy atom. The standard InChI is InChI=1S/C34H35Cl2N3O4S/c1-24(2)37-34(41)32(21-26-9-5-4-6-10-26)38(22-27-15-17-28(35)18-16-27)33(40)23-39(31-12-8-7-11-30(31)36)44(42,43)29-19-13-25(3)14-20-29/h4-20,24,32H,21-23H2,1-3H3,(H,37,41)/t32-/m0/s1. The Morgan fingerprint density at radius 2 is 1.41 bits per heavy atom. The van der Waals surface area contributed by atoms with E-state index in [0.29, 0.717) is 5.02 Å². The molecule has 10 heteroatoms. The van der Waals surface area contributed by atoms with Crippen LogP contribution < -0.4 is 9.62 Å². The minimum atomic E-state index is -4.24. The van der Waals surface area contributed by atoms with Gasteiger partial charge in [0, 0.05) is 24.0 Å². The van der Waals surface area contributed by atoms with E-state index in [9.17, 15) is 18.0 Å². The predicted molar refractivity (Wildman–Crippen MR) is 176 cm³/mol. The topological polar surface area (TPSA) is 86.8 Å². The molecule has 0 heterocycles. The molecule has 0 saturated carbocycles. The third-order valence-corrected chi connectivity index (χ3v) is 9.32. The molecule has 0 spiro atoms. The predicted octanol–water partition coefficient (Wildman–Crippen LogP) is 6.66. The number of carbonyl (C=O) groups is 2. The second-order valence-electron chi connectivity index (χ2n) is 10.8. The summed E-state index contributed by atoms with van der Waals surface area (Å²) < 4.78 is 29.2. The smallest absolute Gasteiger partial charge is 0.264 e. The molecule has 1 atom stereocenters. The molecule has 7 nitrogen and oxygen atoms in total. The van der Waals surface area contributed by atoms with E-state index in [-0.39, 0.29) is 40.5 Å². The first-order chi connectivity index (χ1) is 21.0. The number of nitrogens with zero attached hydrogens (tertiary/aromatic N) is 2. The minimum Gasteiger partial charge on any atom is -0.352 e. The Balaban J connectivity index is 1.81. The first-order valence-electron chi connectivity index (χ1n) is 14.2. The third-order valence-electron chi connectivity index (χ3n) is 6.98. The van der Waals surface area contributed by atoms with Crippen LogP contribution in [0.3, 0.4) is 0 Å². The molecule has 0 aliphatic heterocycles. The third kappa shape index (κ3) is 8.40. The van der Waals surface area contributed by atoms with Gasteiger partial charge in [0.1, 0.15) is 12.6 Å². The summed E-state index contributed by atoms with van der Waals surface area (Å²) in [6.07, 6.45) is 0.218. The average molecular weight is 653 g/mol. The number of aryl methyl sites for hydroxylation is 1. The number of anilines is 1. The van der Waals surface area contributed by atoms with E-state index in [1.165, 1.54) is 17.0 Å². The summed E-state index contributed by atoms with van der Waals surface area (Å²) in [5.74, 6) is -0.924. The van der Waals surface area contributed by atoms with Crippen LogP contribution >= 0.6 is 23.2 Å².